The van der Waals surface area contributed by atoms with E-state index in [1.165, 1.54) is 30.8 Å². The van der Waals surface area contributed by atoms with Crippen molar-refractivity contribution in [2.45, 2.75) is 18.9 Å². The molecule has 0 bridgehead atoms. The summed E-state index contributed by atoms with van der Waals surface area (Å²) in [5.74, 6) is -0.351. The van der Waals surface area contributed by atoms with Crippen LogP contribution in [-0.4, -0.2) is 39.3 Å². The maximum atomic E-state index is 12.2. The van der Waals surface area contributed by atoms with E-state index < -0.39 is 11.2 Å². The first-order chi connectivity index (χ1) is 11.0. The van der Waals surface area contributed by atoms with Crippen molar-refractivity contribution >= 4 is 16.9 Å². The minimum atomic E-state index is -0.480. The van der Waals surface area contributed by atoms with Crippen molar-refractivity contribution in [2.75, 3.05) is 13.2 Å². The van der Waals surface area contributed by atoms with Crippen molar-refractivity contribution in [2.24, 2.45) is 14.1 Å². The molecular formula is C15H18N4O4. The standard InChI is InChI=1S/C15H18N4O4/c1-18-12-10(14(21)19(2)15(18)22)5-6-11(17-12)13(20)16-8-9-4-3-7-23-9/h5-6,9H,3-4,7-8H2,1-2H3,(H,16,20)/t9-/m1/s1. The molecule has 1 atom stereocenters. The van der Waals surface area contributed by atoms with Gasteiger partial charge in [-0.3, -0.25) is 18.7 Å². The Morgan fingerprint density at radius 3 is 2.83 bits per heavy atom. The number of hydrogen-bond donors (Lipinski definition) is 1. The third kappa shape index (κ3) is 2.77. The molecule has 1 aliphatic rings. The second kappa shape index (κ2) is 5.96. The zero-order valence-corrected chi connectivity index (χ0v) is 13.0. The van der Waals surface area contributed by atoms with E-state index in [1.807, 2.05) is 0 Å². The van der Waals surface area contributed by atoms with Gasteiger partial charge in [0.2, 0.25) is 0 Å². The lowest BCUT2D eigenvalue weighted by molar-refractivity contribution is 0.0854. The maximum absolute atomic E-state index is 12.2. The zero-order valence-electron chi connectivity index (χ0n) is 13.0. The van der Waals surface area contributed by atoms with E-state index in [9.17, 15) is 14.4 Å². The van der Waals surface area contributed by atoms with E-state index in [-0.39, 0.29) is 23.4 Å². The van der Waals surface area contributed by atoms with E-state index in [0.717, 1.165) is 24.0 Å². The monoisotopic (exact) mass is 318 g/mol. The van der Waals surface area contributed by atoms with Crippen LogP contribution in [0.5, 0.6) is 0 Å². The minimum absolute atomic E-state index is 0.0380. The summed E-state index contributed by atoms with van der Waals surface area (Å²) < 4.78 is 7.72. The summed E-state index contributed by atoms with van der Waals surface area (Å²) in [4.78, 5) is 40.4. The van der Waals surface area contributed by atoms with Gasteiger partial charge < -0.3 is 10.1 Å². The topological polar surface area (TPSA) is 95.2 Å². The third-order valence-corrected chi connectivity index (χ3v) is 4.05. The number of nitrogens with one attached hydrogen (secondary N) is 1. The van der Waals surface area contributed by atoms with Gasteiger partial charge in [0, 0.05) is 27.2 Å². The van der Waals surface area contributed by atoms with E-state index in [0.29, 0.717) is 11.9 Å². The fourth-order valence-electron chi connectivity index (χ4n) is 2.68. The summed E-state index contributed by atoms with van der Waals surface area (Å²) in [6.07, 6.45) is 1.96. The summed E-state index contributed by atoms with van der Waals surface area (Å²) in [7, 11) is 2.93. The number of aromatic nitrogens is 3. The molecule has 1 N–H and O–H groups in total. The van der Waals surface area contributed by atoms with Crippen LogP contribution in [0, 0.1) is 0 Å². The third-order valence-electron chi connectivity index (χ3n) is 4.05. The average Bonchev–Trinajstić information content (AvgIpc) is 3.08. The molecule has 3 heterocycles. The highest BCUT2D eigenvalue weighted by Gasteiger charge is 2.18. The number of ether oxygens (including phenoxy) is 1. The molecule has 0 spiro atoms. The SMILES string of the molecule is Cn1c(=O)c2ccc(C(=O)NC[C@H]3CCCO3)nc2n(C)c1=O. The Morgan fingerprint density at radius 2 is 2.13 bits per heavy atom. The first-order valence-corrected chi connectivity index (χ1v) is 7.45. The van der Waals surface area contributed by atoms with E-state index in [4.69, 9.17) is 4.74 Å². The fraction of sp³-hybridized carbons (Fsp3) is 0.467. The number of pyridine rings is 1. The van der Waals surface area contributed by atoms with Gasteiger partial charge in [-0.25, -0.2) is 9.78 Å². The van der Waals surface area contributed by atoms with Gasteiger partial charge in [0.25, 0.3) is 11.5 Å². The Labute approximate surface area is 131 Å². The summed E-state index contributed by atoms with van der Waals surface area (Å²) >= 11 is 0. The molecule has 8 heteroatoms. The van der Waals surface area contributed by atoms with Gasteiger partial charge in [0.15, 0.2) is 0 Å². The second-order valence-electron chi connectivity index (χ2n) is 5.62. The molecule has 3 rings (SSSR count). The quantitative estimate of drug-likeness (QED) is 0.826. The van der Waals surface area contributed by atoms with E-state index in [2.05, 4.69) is 10.3 Å². The van der Waals surface area contributed by atoms with Crippen molar-refractivity contribution in [1.29, 1.82) is 0 Å². The summed E-state index contributed by atoms with van der Waals surface area (Å²) in [5.41, 5.74) is -0.546. The lowest BCUT2D eigenvalue weighted by atomic mass is 10.2. The van der Waals surface area contributed by atoms with Crippen LogP contribution in [-0.2, 0) is 18.8 Å². The van der Waals surface area contributed by atoms with Crippen molar-refractivity contribution in [1.82, 2.24) is 19.4 Å². The summed E-state index contributed by atoms with van der Waals surface area (Å²) in [5, 5.41) is 3.07. The highest BCUT2D eigenvalue weighted by Crippen LogP contribution is 2.11. The molecule has 1 saturated heterocycles. The summed E-state index contributed by atoms with van der Waals surface area (Å²) in [6, 6.07) is 3.00. The number of carbonyl (C=O) groups is 1. The second-order valence-corrected chi connectivity index (χ2v) is 5.62. The lowest BCUT2D eigenvalue weighted by Gasteiger charge is -2.11. The van der Waals surface area contributed by atoms with Crippen molar-refractivity contribution < 1.29 is 9.53 Å². The molecule has 2 aromatic heterocycles. The normalized spacial score (nSPS) is 17.6. The predicted molar refractivity (Wildman–Crippen MR) is 83.5 cm³/mol. The van der Waals surface area contributed by atoms with Gasteiger partial charge in [-0.05, 0) is 25.0 Å². The lowest BCUT2D eigenvalue weighted by Crippen LogP contribution is -2.38. The molecule has 0 saturated carbocycles. The van der Waals surface area contributed by atoms with Gasteiger partial charge in [-0.1, -0.05) is 0 Å². The Hall–Kier alpha value is -2.48. The Morgan fingerprint density at radius 1 is 1.35 bits per heavy atom. The van der Waals surface area contributed by atoms with Crippen molar-refractivity contribution in [3.63, 3.8) is 0 Å². The molecule has 0 aromatic carbocycles. The van der Waals surface area contributed by atoms with Gasteiger partial charge >= 0.3 is 5.69 Å². The molecule has 23 heavy (non-hydrogen) atoms. The molecule has 2 aromatic rings. The number of aryl methyl sites for hydroxylation is 1. The first-order valence-electron chi connectivity index (χ1n) is 7.45. The molecule has 1 amide bonds. The van der Waals surface area contributed by atoms with Crippen LogP contribution in [0.4, 0.5) is 0 Å². The van der Waals surface area contributed by atoms with Crippen LogP contribution in [0.25, 0.3) is 11.0 Å². The molecular weight excluding hydrogens is 300 g/mol. The highest BCUT2D eigenvalue weighted by atomic mass is 16.5. The zero-order chi connectivity index (χ0) is 16.6. The first kappa shape index (κ1) is 15.4. The van der Waals surface area contributed by atoms with Crippen LogP contribution in [0.2, 0.25) is 0 Å². The number of hydrogen-bond acceptors (Lipinski definition) is 5. The number of fused-ring (bicyclic) bond motifs is 1. The molecule has 8 nitrogen and oxygen atoms in total. The molecule has 1 aliphatic heterocycles. The highest BCUT2D eigenvalue weighted by molar-refractivity contribution is 5.94. The minimum Gasteiger partial charge on any atom is -0.376 e. The number of amides is 1. The predicted octanol–water partition coefficient (Wildman–Crippen LogP) is -0.459. The van der Waals surface area contributed by atoms with Crippen LogP contribution in [0.15, 0.2) is 21.7 Å². The van der Waals surface area contributed by atoms with E-state index >= 15 is 0 Å². The van der Waals surface area contributed by atoms with Crippen LogP contribution < -0.4 is 16.6 Å². The molecule has 1 fully saturated rings. The average molecular weight is 318 g/mol. The molecule has 0 aliphatic carbocycles. The molecule has 122 valence electrons. The smallest absolute Gasteiger partial charge is 0.332 e. The number of carbonyl (C=O) groups excluding carboxylic acids is 1. The van der Waals surface area contributed by atoms with Gasteiger partial charge in [0.1, 0.15) is 11.3 Å². The Bertz CT molecular complexity index is 877. The van der Waals surface area contributed by atoms with Crippen molar-refractivity contribution in [3.05, 3.63) is 38.7 Å². The van der Waals surface area contributed by atoms with Gasteiger partial charge in [0.05, 0.1) is 11.5 Å². The van der Waals surface area contributed by atoms with Crippen LogP contribution >= 0.6 is 0 Å². The maximum Gasteiger partial charge on any atom is 0.332 e. The van der Waals surface area contributed by atoms with Gasteiger partial charge in [-0.2, -0.15) is 0 Å². The van der Waals surface area contributed by atoms with E-state index in [1.54, 1.807) is 0 Å². The van der Waals surface area contributed by atoms with Crippen LogP contribution in [0.1, 0.15) is 23.3 Å². The van der Waals surface area contributed by atoms with Crippen LogP contribution in [0.3, 0.4) is 0 Å². The summed E-state index contributed by atoms with van der Waals surface area (Å²) in [6.45, 7) is 1.15. The number of nitrogens with zero attached hydrogens (tertiary/aromatic N) is 3. The fourth-order valence-corrected chi connectivity index (χ4v) is 2.68. The molecule has 0 unspecified atom stereocenters. The Kier molecular flexibility index (Phi) is 3.99. The largest absolute Gasteiger partial charge is 0.376 e. The van der Waals surface area contributed by atoms with Crippen molar-refractivity contribution in [3.8, 4) is 0 Å². The Balaban J connectivity index is 1.92. The van der Waals surface area contributed by atoms with Gasteiger partial charge in [-0.15, -0.1) is 0 Å². The molecule has 0 radical (unpaired) electrons. The number of rotatable bonds is 3.